The van der Waals surface area contributed by atoms with Crippen molar-refractivity contribution in [2.75, 3.05) is 11.5 Å². The first-order valence-corrected chi connectivity index (χ1v) is 10.2. The van der Waals surface area contributed by atoms with Gasteiger partial charge in [0.2, 0.25) is 11.7 Å². The molecule has 0 aliphatic carbocycles. The van der Waals surface area contributed by atoms with Gasteiger partial charge in [-0.25, -0.2) is 9.97 Å². The second-order valence-corrected chi connectivity index (χ2v) is 7.55. The van der Waals surface area contributed by atoms with Crippen LogP contribution in [0.3, 0.4) is 0 Å². The molecule has 1 aliphatic rings. The number of nitrogens with zero attached hydrogens (tertiary/aromatic N) is 3. The van der Waals surface area contributed by atoms with E-state index in [-0.39, 0.29) is 28.3 Å². The lowest BCUT2D eigenvalue weighted by molar-refractivity contribution is 0.0969. The molecule has 0 bridgehead atoms. The van der Waals surface area contributed by atoms with Gasteiger partial charge in [0.05, 0.1) is 17.0 Å². The van der Waals surface area contributed by atoms with E-state index in [1.54, 1.807) is 42.5 Å². The summed E-state index contributed by atoms with van der Waals surface area (Å²) in [6.07, 6.45) is 4.70. The molecule has 0 spiro atoms. The van der Waals surface area contributed by atoms with Crippen molar-refractivity contribution in [3.05, 3.63) is 106 Å². The van der Waals surface area contributed by atoms with Gasteiger partial charge in [0.1, 0.15) is 17.9 Å². The second kappa shape index (κ2) is 7.94. The van der Waals surface area contributed by atoms with Crippen LogP contribution >= 0.6 is 11.6 Å². The van der Waals surface area contributed by atoms with Crippen LogP contribution in [0.5, 0.6) is 5.75 Å². The van der Waals surface area contributed by atoms with Crippen molar-refractivity contribution in [1.29, 1.82) is 0 Å². The smallest absolute Gasteiger partial charge is 0.297 e. The van der Waals surface area contributed by atoms with Crippen LogP contribution in [-0.4, -0.2) is 22.5 Å². The van der Waals surface area contributed by atoms with Gasteiger partial charge in [-0.3, -0.25) is 14.5 Å². The number of amides is 1. The average molecular weight is 446 g/mol. The monoisotopic (exact) mass is 445 g/mol. The van der Waals surface area contributed by atoms with E-state index in [0.29, 0.717) is 28.3 Å². The Morgan fingerprint density at radius 1 is 1.12 bits per heavy atom. The molecule has 1 atom stereocenters. The Balaban J connectivity index is 1.77. The maximum Gasteiger partial charge on any atom is 0.297 e. The Labute approximate surface area is 187 Å². The fourth-order valence-electron chi connectivity index (χ4n) is 3.81. The fourth-order valence-corrected chi connectivity index (χ4v) is 3.98. The van der Waals surface area contributed by atoms with Crippen LogP contribution in [0.15, 0.2) is 82.8 Å². The summed E-state index contributed by atoms with van der Waals surface area (Å²) in [5, 5.41) is 0.692. The molecule has 0 fully saturated rings. The zero-order chi connectivity index (χ0) is 22.2. The number of carbonyl (C=O) groups is 1. The summed E-state index contributed by atoms with van der Waals surface area (Å²) < 4.78 is 11.6. The number of ether oxygens (including phenoxy) is 1. The van der Waals surface area contributed by atoms with E-state index in [2.05, 4.69) is 16.5 Å². The number of fused-ring (bicyclic) bond motifs is 2. The first kappa shape index (κ1) is 20.0. The van der Waals surface area contributed by atoms with Gasteiger partial charge in [-0.1, -0.05) is 36.4 Å². The maximum atomic E-state index is 13.6. The van der Waals surface area contributed by atoms with Crippen LogP contribution in [0.25, 0.3) is 11.0 Å². The Morgan fingerprint density at radius 3 is 2.72 bits per heavy atom. The number of benzene rings is 2. The van der Waals surface area contributed by atoms with Crippen LogP contribution < -0.4 is 15.1 Å². The molecule has 1 amide bonds. The van der Waals surface area contributed by atoms with Crippen LogP contribution in [0, 0.1) is 0 Å². The molecule has 2 aromatic heterocycles. The molecule has 0 radical (unpaired) electrons. The normalized spacial score (nSPS) is 15.1. The zero-order valence-corrected chi connectivity index (χ0v) is 17.5. The Kier molecular flexibility index (Phi) is 4.95. The Bertz CT molecular complexity index is 1420. The topological polar surface area (TPSA) is 85.5 Å². The minimum Gasteiger partial charge on any atom is -0.490 e. The number of rotatable bonds is 5. The van der Waals surface area contributed by atoms with Gasteiger partial charge in [-0.15, -0.1) is 0 Å². The molecular weight excluding hydrogens is 430 g/mol. The molecule has 2 aromatic carbocycles. The molecular formula is C24H16ClN3O4. The number of aromatic nitrogens is 2. The van der Waals surface area contributed by atoms with Crippen molar-refractivity contribution in [3.63, 3.8) is 0 Å². The predicted molar refractivity (Wildman–Crippen MR) is 120 cm³/mol. The number of halogens is 1. The first-order valence-electron chi connectivity index (χ1n) is 9.79. The molecule has 1 aliphatic heterocycles. The van der Waals surface area contributed by atoms with E-state index < -0.39 is 11.9 Å². The highest BCUT2D eigenvalue weighted by Gasteiger charge is 2.45. The van der Waals surface area contributed by atoms with Crippen molar-refractivity contribution in [2.45, 2.75) is 6.04 Å². The summed E-state index contributed by atoms with van der Waals surface area (Å²) in [6, 6.07) is 12.7. The highest BCUT2D eigenvalue weighted by atomic mass is 35.5. The van der Waals surface area contributed by atoms with Gasteiger partial charge < -0.3 is 9.15 Å². The summed E-state index contributed by atoms with van der Waals surface area (Å²) in [4.78, 5) is 36.8. The predicted octanol–water partition coefficient (Wildman–Crippen LogP) is 4.55. The van der Waals surface area contributed by atoms with Gasteiger partial charge in [-0.05, 0) is 42.0 Å². The lowest BCUT2D eigenvalue weighted by atomic mass is 9.98. The Morgan fingerprint density at radius 2 is 1.94 bits per heavy atom. The minimum absolute atomic E-state index is 0.0420. The Hall–Kier alpha value is -3.97. The minimum atomic E-state index is -0.799. The quantitative estimate of drug-likeness (QED) is 0.419. The summed E-state index contributed by atoms with van der Waals surface area (Å²) >= 11 is 6.11. The van der Waals surface area contributed by atoms with Crippen LogP contribution in [-0.2, 0) is 0 Å². The van der Waals surface area contributed by atoms with Gasteiger partial charge in [-0.2, -0.15) is 0 Å². The summed E-state index contributed by atoms with van der Waals surface area (Å²) in [7, 11) is 0. The van der Waals surface area contributed by atoms with E-state index in [1.807, 2.05) is 6.07 Å². The van der Waals surface area contributed by atoms with Crippen molar-refractivity contribution < 1.29 is 13.9 Å². The molecule has 1 unspecified atom stereocenters. The van der Waals surface area contributed by atoms with Crippen molar-refractivity contribution in [1.82, 2.24) is 9.97 Å². The average Bonchev–Trinajstić information content (AvgIpc) is 3.11. The van der Waals surface area contributed by atoms with Crippen molar-refractivity contribution in [3.8, 4) is 5.75 Å². The summed E-state index contributed by atoms with van der Waals surface area (Å²) in [5.74, 6) is 0.195. The third kappa shape index (κ3) is 3.23. The van der Waals surface area contributed by atoms with Crippen LogP contribution in [0.1, 0.15) is 27.7 Å². The number of carbonyl (C=O) groups excluding carboxylic acids is 1. The SMILES string of the molecule is C=CCOc1cccc(C2c3c(oc4ccc(Cl)cc4c3=O)C(=O)N2c2ncccn2)c1. The van der Waals surface area contributed by atoms with Crippen molar-refractivity contribution >= 4 is 34.4 Å². The van der Waals surface area contributed by atoms with E-state index in [1.165, 1.54) is 23.4 Å². The second-order valence-electron chi connectivity index (χ2n) is 7.11. The molecule has 158 valence electrons. The number of anilines is 1. The third-order valence-corrected chi connectivity index (χ3v) is 5.38. The van der Waals surface area contributed by atoms with Gasteiger partial charge >= 0.3 is 0 Å². The van der Waals surface area contributed by atoms with Crippen molar-refractivity contribution in [2.24, 2.45) is 0 Å². The molecule has 5 rings (SSSR count). The molecule has 3 heterocycles. The van der Waals surface area contributed by atoms with E-state index in [0.717, 1.165) is 0 Å². The number of hydrogen-bond donors (Lipinski definition) is 0. The van der Waals surface area contributed by atoms with Crippen LogP contribution in [0.2, 0.25) is 5.02 Å². The van der Waals surface area contributed by atoms with Gasteiger partial charge in [0.25, 0.3) is 5.91 Å². The van der Waals surface area contributed by atoms with E-state index in [9.17, 15) is 9.59 Å². The van der Waals surface area contributed by atoms with E-state index in [4.69, 9.17) is 20.8 Å². The molecule has 4 aromatic rings. The fraction of sp³-hybridized carbons (Fsp3) is 0.0833. The summed E-state index contributed by atoms with van der Waals surface area (Å²) in [5.41, 5.74) is 0.806. The molecule has 8 heteroatoms. The lowest BCUT2D eigenvalue weighted by Crippen LogP contribution is -2.31. The van der Waals surface area contributed by atoms with Gasteiger partial charge in [0.15, 0.2) is 5.43 Å². The van der Waals surface area contributed by atoms with Crippen LogP contribution in [0.4, 0.5) is 5.95 Å². The highest BCUT2D eigenvalue weighted by molar-refractivity contribution is 6.31. The summed E-state index contributed by atoms with van der Waals surface area (Å²) in [6.45, 7) is 3.98. The molecule has 0 N–H and O–H groups in total. The first-order chi connectivity index (χ1) is 15.6. The highest BCUT2D eigenvalue weighted by Crippen LogP contribution is 2.40. The standard InChI is InChI=1S/C24H16ClN3O4/c1-2-11-31-16-6-3-5-14(12-16)20-19-21(29)17-13-15(25)7-8-18(17)32-22(19)23(30)28(20)24-26-9-4-10-27-24/h2-10,12-13,20H,1,11H2. The molecule has 0 saturated heterocycles. The maximum absolute atomic E-state index is 13.6. The lowest BCUT2D eigenvalue weighted by Gasteiger charge is -2.23. The largest absolute Gasteiger partial charge is 0.490 e. The molecule has 32 heavy (non-hydrogen) atoms. The van der Waals surface area contributed by atoms with E-state index >= 15 is 0 Å². The van der Waals surface area contributed by atoms with Gasteiger partial charge in [0, 0.05) is 17.4 Å². The number of hydrogen-bond acceptors (Lipinski definition) is 6. The third-order valence-electron chi connectivity index (χ3n) is 5.14. The zero-order valence-electron chi connectivity index (χ0n) is 16.7. The molecule has 7 nitrogen and oxygen atoms in total. The molecule has 0 saturated carbocycles.